The first-order valence-corrected chi connectivity index (χ1v) is 9.43. The van der Waals surface area contributed by atoms with Crippen molar-refractivity contribution in [1.82, 2.24) is 0 Å². The largest absolute Gasteiger partial charge is 0.508 e. The van der Waals surface area contributed by atoms with Crippen LogP contribution in [0.5, 0.6) is 23.0 Å². The third-order valence-electron chi connectivity index (χ3n) is 7.09. The van der Waals surface area contributed by atoms with Gasteiger partial charge in [-0.2, -0.15) is 0 Å². The van der Waals surface area contributed by atoms with Gasteiger partial charge in [0.1, 0.15) is 23.0 Å². The molecule has 2 aromatic rings. The minimum atomic E-state index is -0.0542. The Bertz CT molecular complexity index is 764. The molecule has 4 nitrogen and oxygen atoms in total. The minimum Gasteiger partial charge on any atom is -0.508 e. The summed E-state index contributed by atoms with van der Waals surface area (Å²) >= 11 is 0. The maximum Gasteiger partial charge on any atom is 0.119 e. The van der Waals surface area contributed by atoms with Gasteiger partial charge in [-0.3, -0.25) is 0 Å². The van der Waals surface area contributed by atoms with E-state index in [4.69, 9.17) is 0 Å². The van der Waals surface area contributed by atoms with Crippen LogP contribution in [0.4, 0.5) is 0 Å². The lowest BCUT2D eigenvalue weighted by atomic mass is 9.41. The molecule has 2 aromatic carbocycles. The molecule has 4 heteroatoms. The van der Waals surface area contributed by atoms with Crippen molar-refractivity contribution in [2.75, 3.05) is 0 Å². The van der Waals surface area contributed by atoms with Crippen LogP contribution in [0.3, 0.4) is 0 Å². The molecule has 0 aliphatic heterocycles. The molecule has 0 aromatic heterocycles. The number of hydrogen-bond acceptors (Lipinski definition) is 4. The molecule has 136 valence electrons. The van der Waals surface area contributed by atoms with E-state index in [-0.39, 0.29) is 33.8 Å². The fourth-order valence-electron chi connectivity index (χ4n) is 6.74. The van der Waals surface area contributed by atoms with Gasteiger partial charge in [-0.15, -0.1) is 0 Å². The van der Waals surface area contributed by atoms with Crippen LogP contribution < -0.4 is 0 Å². The Morgan fingerprint density at radius 2 is 0.923 bits per heavy atom. The SMILES string of the molecule is Oc1cc(O)cc(C23CC4CC(C2)CC(c2cc(O)cc(O)c2)(C4)C3)c1. The highest BCUT2D eigenvalue weighted by Crippen LogP contribution is 2.66. The van der Waals surface area contributed by atoms with E-state index in [0.29, 0.717) is 11.8 Å². The van der Waals surface area contributed by atoms with Crippen LogP contribution in [0.15, 0.2) is 36.4 Å². The van der Waals surface area contributed by atoms with E-state index in [2.05, 4.69) is 0 Å². The molecule has 4 aliphatic rings. The summed E-state index contributed by atoms with van der Waals surface area (Å²) in [5.41, 5.74) is 1.94. The molecular formula is C22H24O4. The Balaban J connectivity index is 1.64. The molecule has 4 bridgehead atoms. The molecule has 0 amide bonds. The summed E-state index contributed by atoms with van der Waals surface area (Å²) in [6, 6.07) is 9.99. The second-order valence-corrected chi connectivity index (χ2v) is 9.00. The predicted octanol–water partition coefficient (Wildman–Crippen LogP) is 4.30. The molecule has 4 saturated carbocycles. The molecule has 26 heavy (non-hydrogen) atoms. The smallest absolute Gasteiger partial charge is 0.119 e. The Hall–Kier alpha value is -2.36. The highest BCUT2D eigenvalue weighted by molar-refractivity contribution is 5.46. The lowest BCUT2D eigenvalue weighted by molar-refractivity contribution is -0.0284. The highest BCUT2D eigenvalue weighted by Gasteiger charge is 2.58. The lowest BCUT2D eigenvalue weighted by Crippen LogP contribution is -2.55. The molecule has 0 atom stereocenters. The first-order chi connectivity index (χ1) is 12.4. The Morgan fingerprint density at radius 3 is 1.27 bits per heavy atom. The zero-order chi connectivity index (χ0) is 18.1. The van der Waals surface area contributed by atoms with Gasteiger partial charge >= 0.3 is 0 Å². The topological polar surface area (TPSA) is 80.9 Å². The van der Waals surface area contributed by atoms with Crippen molar-refractivity contribution in [3.63, 3.8) is 0 Å². The Labute approximate surface area is 152 Å². The van der Waals surface area contributed by atoms with Crippen LogP contribution >= 0.6 is 0 Å². The highest BCUT2D eigenvalue weighted by atomic mass is 16.3. The van der Waals surface area contributed by atoms with Crippen LogP contribution in [0.2, 0.25) is 0 Å². The van der Waals surface area contributed by atoms with Gasteiger partial charge in [0.15, 0.2) is 0 Å². The van der Waals surface area contributed by atoms with Crippen LogP contribution in [0.1, 0.15) is 49.7 Å². The number of benzene rings is 2. The molecule has 0 unspecified atom stereocenters. The van der Waals surface area contributed by atoms with E-state index in [9.17, 15) is 20.4 Å². The van der Waals surface area contributed by atoms with Gasteiger partial charge in [-0.1, -0.05) is 0 Å². The molecular weight excluding hydrogens is 328 g/mol. The summed E-state index contributed by atoms with van der Waals surface area (Å²) in [4.78, 5) is 0. The van der Waals surface area contributed by atoms with Crippen molar-refractivity contribution in [2.24, 2.45) is 11.8 Å². The van der Waals surface area contributed by atoms with Gasteiger partial charge < -0.3 is 20.4 Å². The zero-order valence-corrected chi connectivity index (χ0v) is 14.7. The maximum atomic E-state index is 10.0. The maximum absolute atomic E-state index is 10.0. The zero-order valence-electron chi connectivity index (χ0n) is 14.7. The second-order valence-electron chi connectivity index (χ2n) is 9.00. The third kappa shape index (κ3) is 2.28. The minimum absolute atomic E-state index is 0.0542. The van der Waals surface area contributed by atoms with Crippen molar-refractivity contribution < 1.29 is 20.4 Å². The fourth-order valence-corrected chi connectivity index (χ4v) is 6.74. The van der Waals surface area contributed by atoms with E-state index in [1.54, 1.807) is 24.3 Å². The summed E-state index contributed by atoms with van der Waals surface area (Å²) in [7, 11) is 0. The van der Waals surface area contributed by atoms with Gasteiger partial charge in [0.25, 0.3) is 0 Å². The average Bonchev–Trinajstić information content (AvgIpc) is 2.52. The van der Waals surface area contributed by atoms with E-state index in [1.807, 2.05) is 0 Å². The second kappa shape index (κ2) is 5.09. The molecule has 6 rings (SSSR count). The number of phenolic OH excluding ortho intramolecular Hbond substituents is 4. The van der Waals surface area contributed by atoms with Crippen molar-refractivity contribution in [1.29, 1.82) is 0 Å². The summed E-state index contributed by atoms with van der Waals surface area (Å²) in [5, 5.41) is 40.1. The fraction of sp³-hybridized carbons (Fsp3) is 0.455. The lowest BCUT2D eigenvalue weighted by Gasteiger charge is -2.62. The Kier molecular flexibility index (Phi) is 3.10. The van der Waals surface area contributed by atoms with Gasteiger partial charge in [0.2, 0.25) is 0 Å². The average molecular weight is 352 g/mol. The molecule has 0 spiro atoms. The van der Waals surface area contributed by atoms with Gasteiger partial charge in [0, 0.05) is 12.1 Å². The molecule has 0 heterocycles. The van der Waals surface area contributed by atoms with E-state index in [0.717, 1.165) is 43.2 Å². The first-order valence-electron chi connectivity index (χ1n) is 9.43. The van der Waals surface area contributed by atoms with Crippen molar-refractivity contribution in [3.8, 4) is 23.0 Å². The Morgan fingerprint density at radius 1 is 0.577 bits per heavy atom. The number of phenols is 4. The van der Waals surface area contributed by atoms with Crippen molar-refractivity contribution in [3.05, 3.63) is 47.5 Å². The van der Waals surface area contributed by atoms with Crippen LogP contribution in [-0.4, -0.2) is 20.4 Å². The van der Waals surface area contributed by atoms with E-state index >= 15 is 0 Å². The van der Waals surface area contributed by atoms with E-state index in [1.165, 1.54) is 18.6 Å². The van der Waals surface area contributed by atoms with Gasteiger partial charge in [-0.05, 0) is 96.6 Å². The predicted molar refractivity (Wildman–Crippen MR) is 97.6 cm³/mol. The summed E-state index contributed by atoms with van der Waals surface area (Å²) in [6.07, 6.45) is 6.49. The number of aromatic hydroxyl groups is 4. The molecule has 0 saturated heterocycles. The van der Waals surface area contributed by atoms with E-state index < -0.39 is 0 Å². The quantitative estimate of drug-likeness (QED) is 0.650. The monoisotopic (exact) mass is 352 g/mol. The van der Waals surface area contributed by atoms with Crippen molar-refractivity contribution in [2.45, 2.75) is 49.4 Å². The van der Waals surface area contributed by atoms with Crippen LogP contribution in [-0.2, 0) is 10.8 Å². The first kappa shape index (κ1) is 15.9. The molecule has 4 N–H and O–H groups in total. The number of hydrogen-bond donors (Lipinski definition) is 4. The van der Waals surface area contributed by atoms with Gasteiger partial charge in [-0.25, -0.2) is 0 Å². The van der Waals surface area contributed by atoms with Crippen LogP contribution in [0.25, 0.3) is 0 Å². The normalized spacial score (nSPS) is 34.9. The molecule has 0 radical (unpaired) electrons. The summed E-state index contributed by atoms with van der Waals surface area (Å²) < 4.78 is 0. The molecule has 4 aliphatic carbocycles. The standard InChI is InChI=1S/C22H24O4/c23-17-2-15(3-18(24)6-17)21-8-13-1-14(9-21)11-22(10-13,12-21)16-4-19(25)7-20(26)5-16/h2-7,13-14,23-26H,1,8-12H2. The summed E-state index contributed by atoms with van der Waals surface area (Å²) in [6.45, 7) is 0. The number of rotatable bonds is 2. The van der Waals surface area contributed by atoms with Gasteiger partial charge in [0.05, 0.1) is 0 Å². The summed E-state index contributed by atoms with van der Waals surface area (Å²) in [5.74, 6) is 1.65. The van der Waals surface area contributed by atoms with Crippen LogP contribution in [0, 0.1) is 11.8 Å². The third-order valence-corrected chi connectivity index (χ3v) is 7.09. The van der Waals surface area contributed by atoms with Crippen molar-refractivity contribution >= 4 is 0 Å². The molecule has 4 fully saturated rings.